The Kier molecular flexibility index (Phi) is 5.44. The van der Waals surface area contributed by atoms with E-state index in [4.69, 9.17) is 0 Å². The van der Waals surface area contributed by atoms with E-state index < -0.39 is 12.1 Å². The zero-order chi connectivity index (χ0) is 13.4. The Morgan fingerprint density at radius 1 is 1.17 bits per heavy atom. The molecule has 1 aromatic rings. The second-order valence-corrected chi connectivity index (χ2v) is 3.42. The molecule has 1 aromatic carbocycles. The lowest BCUT2D eigenvalue weighted by atomic mass is 10.1. The van der Waals surface area contributed by atoms with E-state index in [2.05, 4.69) is 14.8 Å². The Bertz CT molecular complexity index is 440. The lowest BCUT2D eigenvalue weighted by molar-refractivity contribution is -0.136. The van der Waals surface area contributed by atoms with Crippen molar-refractivity contribution in [2.45, 2.75) is 0 Å². The van der Waals surface area contributed by atoms with Gasteiger partial charge in [-0.05, 0) is 11.6 Å². The summed E-state index contributed by atoms with van der Waals surface area (Å²) in [6.07, 6.45) is 1.06. The summed E-state index contributed by atoms with van der Waals surface area (Å²) in [7, 11) is 2.55. The third-order valence-electron chi connectivity index (χ3n) is 2.20. The van der Waals surface area contributed by atoms with Crippen LogP contribution in [0.4, 0.5) is 4.79 Å². The summed E-state index contributed by atoms with van der Waals surface area (Å²) in [4.78, 5) is 22.5. The van der Waals surface area contributed by atoms with Crippen LogP contribution in [0, 0.1) is 0 Å². The van der Waals surface area contributed by atoms with Gasteiger partial charge in [0.2, 0.25) is 0 Å². The van der Waals surface area contributed by atoms with Crippen LogP contribution in [0.2, 0.25) is 0 Å². The van der Waals surface area contributed by atoms with Gasteiger partial charge >= 0.3 is 12.1 Å². The molecule has 1 amide bonds. The molecule has 96 valence electrons. The lowest BCUT2D eigenvalue weighted by Crippen LogP contribution is -2.27. The van der Waals surface area contributed by atoms with Gasteiger partial charge in [0.15, 0.2) is 0 Å². The van der Waals surface area contributed by atoms with Crippen LogP contribution >= 0.6 is 0 Å². The highest BCUT2D eigenvalue weighted by atomic mass is 16.5. The SMILES string of the molecule is COC(=O)NC/C(=C\c1ccccc1)C(=O)OC. The van der Waals surface area contributed by atoms with E-state index in [0.717, 1.165) is 5.56 Å². The van der Waals surface area contributed by atoms with Gasteiger partial charge in [0.25, 0.3) is 0 Å². The number of carbonyl (C=O) groups is 2. The Hall–Kier alpha value is -2.30. The van der Waals surface area contributed by atoms with Crippen molar-refractivity contribution in [1.29, 1.82) is 0 Å². The van der Waals surface area contributed by atoms with Crippen molar-refractivity contribution in [2.24, 2.45) is 0 Å². The molecule has 0 fully saturated rings. The van der Waals surface area contributed by atoms with Crippen molar-refractivity contribution >= 4 is 18.1 Å². The standard InChI is InChI=1S/C13H15NO4/c1-17-12(15)11(9-14-13(16)18-2)8-10-6-4-3-5-7-10/h3-8H,9H2,1-2H3,(H,14,16)/b11-8+. The molecule has 0 saturated heterocycles. The minimum Gasteiger partial charge on any atom is -0.466 e. The quantitative estimate of drug-likeness (QED) is 0.650. The van der Waals surface area contributed by atoms with E-state index in [1.54, 1.807) is 6.08 Å². The third kappa shape index (κ3) is 4.29. The molecular weight excluding hydrogens is 234 g/mol. The molecule has 0 saturated carbocycles. The molecule has 0 aliphatic heterocycles. The number of ether oxygens (including phenoxy) is 2. The number of benzene rings is 1. The number of hydrogen-bond donors (Lipinski definition) is 1. The largest absolute Gasteiger partial charge is 0.466 e. The first-order valence-corrected chi connectivity index (χ1v) is 5.33. The fraction of sp³-hybridized carbons (Fsp3) is 0.231. The van der Waals surface area contributed by atoms with Crippen molar-refractivity contribution in [1.82, 2.24) is 5.32 Å². The van der Waals surface area contributed by atoms with Crippen molar-refractivity contribution < 1.29 is 19.1 Å². The van der Waals surface area contributed by atoms with Crippen LogP contribution in [0.25, 0.3) is 6.08 Å². The zero-order valence-electron chi connectivity index (χ0n) is 10.3. The number of rotatable bonds is 4. The van der Waals surface area contributed by atoms with Gasteiger partial charge in [0, 0.05) is 0 Å². The predicted molar refractivity (Wildman–Crippen MR) is 66.8 cm³/mol. The second-order valence-electron chi connectivity index (χ2n) is 3.42. The van der Waals surface area contributed by atoms with Gasteiger partial charge in [-0.3, -0.25) is 0 Å². The van der Waals surface area contributed by atoms with E-state index in [-0.39, 0.29) is 6.54 Å². The van der Waals surface area contributed by atoms with Crippen molar-refractivity contribution in [3.63, 3.8) is 0 Å². The second kappa shape index (κ2) is 7.11. The highest BCUT2D eigenvalue weighted by Crippen LogP contribution is 2.07. The minimum atomic E-state index is -0.599. The molecule has 1 N–H and O–H groups in total. The van der Waals surface area contributed by atoms with Gasteiger partial charge in [0.05, 0.1) is 26.3 Å². The first-order chi connectivity index (χ1) is 8.67. The molecule has 0 aliphatic rings. The Labute approximate surface area is 105 Å². The normalized spacial score (nSPS) is 10.7. The number of hydrogen-bond acceptors (Lipinski definition) is 4. The van der Waals surface area contributed by atoms with E-state index in [9.17, 15) is 9.59 Å². The Morgan fingerprint density at radius 3 is 2.39 bits per heavy atom. The van der Waals surface area contributed by atoms with Crippen LogP contribution in [0.3, 0.4) is 0 Å². The van der Waals surface area contributed by atoms with Gasteiger partial charge < -0.3 is 14.8 Å². The summed E-state index contributed by atoms with van der Waals surface area (Å²) >= 11 is 0. The average molecular weight is 249 g/mol. The summed E-state index contributed by atoms with van der Waals surface area (Å²) < 4.78 is 9.09. The van der Waals surface area contributed by atoms with Crippen LogP contribution in [-0.2, 0) is 14.3 Å². The fourth-order valence-corrected chi connectivity index (χ4v) is 1.30. The summed E-state index contributed by atoms with van der Waals surface area (Å²) in [5.41, 5.74) is 1.19. The molecule has 0 heterocycles. The number of alkyl carbamates (subject to hydrolysis) is 1. The van der Waals surface area contributed by atoms with Gasteiger partial charge in [-0.25, -0.2) is 9.59 Å². The van der Waals surface area contributed by atoms with Crippen LogP contribution < -0.4 is 5.32 Å². The maximum atomic E-state index is 11.5. The molecule has 0 aliphatic carbocycles. The average Bonchev–Trinajstić information content (AvgIpc) is 2.43. The molecule has 18 heavy (non-hydrogen) atoms. The number of amides is 1. The highest BCUT2D eigenvalue weighted by Gasteiger charge is 2.11. The van der Waals surface area contributed by atoms with Crippen LogP contribution in [0.5, 0.6) is 0 Å². The van der Waals surface area contributed by atoms with Crippen LogP contribution in [0.15, 0.2) is 35.9 Å². The van der Waals surface area contributed by atoms with Crippen molar-refractivity contribution in [3.05, 3.63) is 41.5 Å². The summed E-state index contributed by atoms with van der Waals surface area (Å²) in [5.74, 6) is -0.491. The molecule has 5 heteroatoms. The van der Waals surface area contributed by atoms with Crippen molar-refractivity contribution in [2.75, 3.05) is 20.8 Å². The first-order valence-electron chi connectivity index (χ1n) is 5.33. The molecule has 0 aromatic heterocycles. The highest BCUT2D eigenvalue weighted by molar-refractivity contribution is 5.94. The topological polar surface area (TPSA) is 64.6 Å². The third-order valence-corrected chi connectivity index (χ3v) is 2.20. The Morgan fingerprint density at radius 2 is 1.83 bits per heavy atom. The van der Waals surface area contributed by atoms with Gasteiger partial charge in [0.1, 0.15) is 0 Å². The molecule has 0 spiro atoms. The number of esters is 1. The molecule has 0 unspecified atom stereocenters. The molecular formula is C13H15NO4. The lowest BCUT2D eigenvalue weighted by Gasteiger charge is -2.07. The molecule has 0 atom stereocenters. The van der Waals surface area contributed by atoms with E-state index in [1.807, 2.05) is 30.3 Å². The van der Waals surface area contributed by atoms with E-state index in [0.29, 0.717) is 5.57 Å². The molecule has 0 radical (unpaired) electrons. The van der Waals surface area contributed by atoms with Crippen molar-refractivity contribution in [3.8, 4) is 0 Å². The fourth-order valence-electron chi connectivity index (χ4n) is 1.30. The molecule has 5 nitrogen and oxygen atoms in total. The zero-order valence-corrected chi connectivity index (χ0v) is 10.3. The molecule has 0 bridgehead atoms. The Balaban J connectivity index is 2.82. The van der Waals surface area contributed by atoms with Gasteiger partial charge in [-0.2, -0.15) is 0 Å². The maximum Gasteiger partial charge on any atom is 0.407 e. The van der Waals surface area contributed by atoms with Gasteiger partial charge in [-0.15, -0.1) is 0 Å². The summed E-state index contributed by atoms with van der Waals surface area (Å²) in [5, 5.41) is 2.44. The first kappa shape index (κ1) is 13.8. The summed E-state index contributed by atoms with van der Waals surface area (Å²) in [6, 6.07) is 9.28. The smallest absolute Gasteiger partial charge is 0.407 e. The van der Waals surface area contributed by atoms with Crippen LogP contribution in [0.1, 0.15) is 5.56 Å². The summed E-state index contributed by atoms with van der Waals surface area (Å²) in [6.45, 7) is 0.0498. The predicted octanol–water partition coefficient (Wildman–Crippen LogP) is 1.60. The maximum absolute atomic E-state index is 11.5. The van der Waals surface area contributed by atoms with E-state index >= 15 is 0 Å². The number of carbonyl (C=O) groups excluding carboxylic acids is 2. The number of methoxy groups -OCH3 is 2. The van der Waals surface area contributed by atoms with E-state index in [1.165, 1.54) is 14.2 Å². The van der Waals surface area contributed by atoms with Crippen LogP contribution in [-0.4, -0.2) is 32.8 Å². The monoisotopic (exact) mass is 249 g/mol. The number of nitrogens with one attached hydrogen (secondary N) is 1. The minimum absolute atomic E-state index is 0.0498. The molecule has 1 rings (SSSR count). The van der Waals surface area contributed by atoms with Gasteiger partial charge in [-0.1, -0.05) is 30.3 Å².